The molecule has 0 fully saturated rings. The second-order valence-corrected chi connectivity index (χ2v) is 6.00. The highest BCUT2D eigenvalue weighted by molar-refractivity contribution is 7.90. The highest BCUT2D eigenvalue weighted by atomic mass is 32.2. The van der Waals surface area contributed by atoms with Crippen LogP contribution in [0.25, 0.3) is 0 Å². The Morgan fingerprint density at radius 1 is 1.47 bits per heavy atom. The van der Waals surface area contributed by atoms with Crippen LogP contribution in [0.2, 0.25) is 0 Å². The van der Waals surface area contributed by atoms with Gasteiger partial charge in [-0.05, 0) is 25.2 Å². The van der Waals surface area contributed by atoms with Gasteiger partial charge in [-0.15, -0.1) is 0 Å². The van der Waals surface area contributed by atoms with E-state index in [1.165, 1.54) is 25.3 Å². The van der Waals surface area contributed by atoms with Crippen LogP contribution in [0.1, 0.15) is 11.6 Å². The van der Waals surface area contributed by atoms with Crippen LogP contribution in [-0.4, -0.2) is 34.6 Å². The van der Waals surface area contributed by atoms with Crippen molar-refractivity contribution in [1.82, 2.24) is 5.32 Å². The number of halogens is 1. The number of rotatable bonds is 5. The molecule has 0 spiro atoms. The summed E-state index contributed by atoms with van der Waals surface area (Å²) in [5.74, 6) is -0.0625. The monoisotopic (exact) mass is 261 g/mol. The molecule has 4 nitrogen and oxygen atoms in total. The smallest absolute Gasteiger partial charge is 0.149 e. The van der Waals surface area contributed by atoms with Crippen LogP contribution in [0.4, 0.5) is 4.39 Å². The molecule has 1 rings (SSSR count). The quantitative estimate of drug-likeness (QED) is 0.863. The first-order chi connectivity index (χ1) is 7.87. The average Bonchev–Trinajstić information content (AvgIpc) is 2.24. The Labute approximate surface area is 101 Å². The highest BCUT2D eigenvalue weighted by Crippen LogP contribution is 2.26. The summed E-state index contributed by atoms with van der Waals surface area (Å²) in [7, 11) is -0.0745. The second kappa shape index (κ2) is 5.46. The average molecular weight is 261 g/mol. The van der Waals surface area contributed by atoms with Crippen molar-refractivity contribution >= 4 is 9.84 Å². The Kier molecular flexibility index (Phi) is 4.47. The molecule has 96 valence electrons. The van der Waals surface area contributed by atoms with Crippen molar-refractivity contribution in [2.24, 2.45) is 0 Å². The van der Waals surface area contributed by atoms with Crippen molar-refractivity contribution in [3.63, 3.8) is 0 Å². The Morgan fingerprint density at radius 3 is 2.59 bits per heavy atom. The van der Waals surface area contributed by atoms with Crippen LogP contribution in [0.5, 0.6) is 5.75 Å². The summed E-state index contributed by atoms with van der Waals surface area (Å²) >= 11 is 0. The van der Waals surface area contributed by atoms with E-state index in [0.29, 0.717) is 11.3 Å². The van der Waals surface area contributed by atoms with Gasteiger partial charge in [0.25, 0.3) is 0 Å². The first-order valence-corrected chi connectivity index (χ1v) is 7.12. The van der Waals surface area contributed by atoms with Gasteiger partial charge >= 0.3 is 0 Å². The molecule has 17 heavy (non-hydrogen) atoms. The van der Waals surface area contributed by atoms with Gasteiger partial charge in [0.1, 0.15) is 21.4 Å². The van der Waals surface area contributed by atoms with Crippen molar-refractivity contribution in [2.45, 2.75) is 6.04 Å². The molecule has 0 radical (unpaired) electrons. The van der Waals surface area contributed by atoms with Gasteiger partial charge in [-0.2, -0.15) is 0 Å². The number of benzene rings is 1. The molecule has 0 aromatic heterocycles. The van der Waals surface area contributed by atoms with Crippen LogP contribution >= 0.6 is 0 Å². The molecule has 0 bridgehead atoms. The van der Waals surface area contributed by atoms with Crippen molar-refractivity contribution in [2.75, 3.05) is 26.2 Å². The van der Waals surface area contributed by atoms with Gasteiger partial charge in [-0.25, -0.2) is 12.8 Å². The molecular weight excluding hydrogens is 245 g/mol. The zero-order chi connectivity index (χ0) is 13.1. The predicted octanol–water partition coefficient (Wildman–Crippen LogP) is 1.14. The van der Waals surface area contributed by atoms with Crippen LogP contribution in [0.3, 0.4) is 0 Å². The number of hydrogen-bond donors (Lipinski definition) is 1. The van der Waals surface area contributed by atoms with Gasteiger partial charge in [0.05, 0.1) is 12.9 Å². The largest absolute Gasteiger partial charge is 0.496 e. The summed E-state index contributed by atoms with van der Waals surface area (Å²) in [5.41, 5.74) is 0.500. The molecule has 0 aliphatic rings. The Balaban J connectivity index is 3.14. The molecule has 1 unspecified atom stereocenters. The Hall–Kier alpha value is -1.14. The topological polar surface area (TPSA) is 55.4 Å². The summed E-state index contributed by atoms with van der Waals surface area (Å²) in [6.45, 7) is 0. The first-order valence-electron chi connectivity index (χ1n) is 5.06. The van der Waals surface area contributed by atoms with Gasteiger partial charge in [-0.3, -0.25) is 0 Å². The van der Waals surface area contributed by atoms with E-state index < -0.39 is 21.7 Å². The van der Waals surface area contributed by atoms with Gasteiger partial charge in [0.2, 0.25) is 0 Å². The molecule has 1 aromatic rings. The molecule has 1 N–H and O–H groups in total. The molecular formula is C11H16FNO3S. The lowest BCUT2D eigenvalue weighted by Gasteiger charge is -2.18. The fraction of sp³-hybridized carbons (Fsp3) is 0.455. The molecule has 0 heterocycles. The van der Waals surface area contributed by atoms with E-state index in [0.717, 1.165) is 6.26 Å². The normalized spacial score (nSPS) is 13.4. The summed E-state index contributed by atoms with van der Waals surface area (Å²) in [6.07, 6.45) is 1.14. The van der Waals surface area contributed by atoms with Crippen LogP contribution in [-0.2, 0) is 9.84 Å². The SMILES string of the molecule is CNC(CS(C)(=O)=O)c1cc(F)ccc1OC. The summed E-state index contributed by atoms with van der Waals surface area (Å²) < 4.78 is 40.8. The molecule has 0 aliphatic carbocycles. The van der Waals surface area contributed by atoms with E-state index in [-0.39, 0.29) is 5.75 Å². The zero-order valence-corrected chi connectivity index (χ0v) is 10.8. The maximum Gasteiger partial charge on any atom is 0.149 e. The lowest BCUT2D eigenvalue weighted by molar-refractivity contribution is 0.402. The van der Waals surface area contributed by atoms with E-state index >= 15 is 0 Å². The third kappa shape index (κ3) is 3.98. The van der Waals surface area contributed by atoms with Gasteiger partial charge in [0, 0.05) is 17.9 Å². The molecule has 0 aliphatic heterocycles. The number of hydrogen-bond acceptors (Lipinski definition) is 4. The highest BCUT2D eigenvalue weighted by Gasteiger charge is 2.19. The van der Waals surface area contributed by atoms with Crippen molar-refractivity contribution in [1.29, 1.82) is 0 Å². The fourth-order valence-corrected chi connectivity index (χ4v) is 2.56. The number of ether oxygens (including phenoxy) is 1. The summed E-state index contributed by atoms with van der Waals surface area (Å²) in [5, 5.41) is 2.85. The maximum absolute atomic E-state index is 13.2. The van der Waals surface area contributed by atoms with E-state index in [1.807, 2.05) is 0 Å². The van der Waals surface area contributed by atoms with Crippen LogP contribution in [0.15, 0.2) is 18.2 Å². The Morgan fingerprint density at radius 2 is 2.12 bits per heavy atom. The molecule has 0 saturated heterocycles. The van der Waals surface area contributed by atoms with Crippen LogP contribution < -0.4 is 10.1 Å². The summed E-state index contributed by atoms with van der Waals surface area (Å²) in [4.78, 5) is 0. The predicted molar refractivity (Wildman–Crippen MR) is 64.5 cm³/mol. The minimum absolute atomic E-state index is 0.108. The minimum atomic E-state index is -3.16. The van der Waals surface area contributed by atoms with Gasteiger partial charge in [0.15, 0.2) is 0 Å². The van der Waals surface area contributed by atoms with E-state index in [2.05, 4.69) is 5.32 Å². The molecule has 6 heteroatoms. The van der Waals surface area contributed by atoms with Crippen molar-refractivity contribution in [3.8, 4) is 5.75 Å². The molecule has 0 saturated carbocycles. The van der Waals surface area contributed by atoms with Gasteiger partial charge < -0.3 is 10.1 Å². The first kappa shape index (κ1) is 13.9. The minimum Gasteiger partial charge on any atom is -0.496 e. The van der Waals surface area contributed by atoms with Crippen molar-refractivity contribution < 1.29 is 17.5 Å². The van der Waals surface area contributed by atoms with E-state index in [1.54, 1.807) is 7.05 Å². The Bertz CT molecular complexity index is 487. The van der Waals surface area contributed by atoms with Crippen molar-refractivity contribution in [3.05, 3.63) is 29.6 Å². The molecule has 1 atom stereocenters. The number of sulfone groups is 1. The van der Waals surface area contributed by atoms with Gasteiger partial charge in [-0.1, -0.05) is 0 Å². The van der Waals surface area contributed by atoms with Crippen LogP contribution in [0, 0.1) is 5.82 Å². The van der Waals surface area contributed by atoms with E-state index in [4.69, 9.17) is 4.74 Å². The second-order valence-electron chi connectivity index (χ2n) is 3.82. The standard InChI is InChI=1S/C11H16FNO3S/c1-13-10(7-17(3,14)15)9-6-8(12)4-5-11(9)16-2/h4-6,10,13H,7H2,1-3H3. The molecule has 0 amide bonds. The number of methoxy groups -OCH3 is 1. The summed E-state index contributed by atoms with van der Waals surface area (Å²) in [6, 6.07) is 3.55. The zero-order valence-electron chi connectivity index (χ0n) is 10.0. The lowest BCUT2D eigenvalue weighted by Crippen LogP contribution is -2.25. The number of nitrogens with one attached hydrogen (secondary N) is 1. The third-order valence-corrected chi connectivity index (χ3v) is 3.32. The van der Waals surface area contributed by atoms with E-state index in [9.17, 15) is 12.8 Å². The molecule has 1 aromatic carbocycles. The lowest BCUT2D eigenvalue weighted by atomic mass is 10.1. The third-order valence-electron chi connectivity index (χ3n) is 2.39. The maximum atomic E-state index is 13.2. The fourth-order valence-electron chi connectivity index (χ4n) is 1.61.